The molecule has 0 spiro atoms. The Labute approximate surface area is 141 Å². The van der Waals surface area contributed by atoms with Crippen molar-refractivity contribution in [3.8, 4) is 10.4 Å². The van der Waals surface area contributed by atoms with Crippen LogP contribution in [0.5, 0.6) is 0 Å². The van der Waals surface area contributed by atoms with Gasteiger partial charge in [-0.05, 0) is 31.2 Å². The van der Waals surface area contributed by atoms with Gasteiger partial charge < -0.3 is 0 Å². The topological polar surface area (TPSA) is 20.3 Å². The van der Waals surface area contributed by atoms with Crippen LogP contribution >= 0.6 is 35.3 Å². The highest BCUT2D eigenvalue weighted by atomic mass is 32.2. The van der Waals surface area contributed by atoms with Gasteiger partial charge in [0.1, 0.15) is 10.1 Å². The van der Waals surface area contributed by atoms with E-state index in [2.05, 4.69) is 0 Å². The van der Waals surface area contributed by atoms with Crippen LogP contribution in [0, 0.1) is 5.82 Å². The quantitative estimate of drug-likeness (QED) is 0.588. The van der Waals surface area contributed by atoms with Gasteiger partial charge in [0, 0.05) is 21.9 Å². The fourth-order valence-corrected chi connectivity index (χ4v) is 4.57. The van der Waals surface area contributed by atoms with Gasteiger partial charge in [-0.25, -0.2) is 4.39 Å². The van der Waals surface area contributed by atoms with Gasteiger partial charge in [-0.1, -0.05) is 42.2 Å². The van der Waals surface area contributed by atoms with E-state index in [9.17, 15) is 9.18 Å². The maximum absolute atomic E-state index is 13.8. The van der Waals surface area contributed by atoms with Crippen LogP contribution in [0.4, 0.5) is 4.39 Å². The number of hydrogen-bond acceptors (Lipinski definition) is 4. The fraction of sp³-hybridized carbons (Fsp3) is 0.125. The lowest BCUT2D eigenvalue weighted by molar-refractivity contribution is -0.121. The van der Waals surface area contributed by atoms with E-state index in [1.807, 2.05) is 31.2 Å². The number of amides is 1. The van der Waals surface area contributed by atoms with Gasteiger partial charge >= 0.3 is 0 Å². The minimum atomic E-state index is -0.242. The van der Waals surface area contributed by atoms with E-state index in [0.29, 0.717) is 21.3 Å². The van der Waals surface area contributed by atoms with Crippen LogP contribution < -0.4 is 0 Å². The zero-order chi connectivity index (χ0) is 15.7. The van der Waals surface area contributed by atoms with Gasteiger partial charge in [-0.2, -0.15) is 0 Å². The minimum absolute atomic E-state index is 0.0571. The van der Waals surface area contributed by atoms with Crippen molar-refractivity contribution in [2.45, 2.75) is 6.92 Å². The Morgan fingerprint density at radius 1 is 1.27 bits per heavy atom. The molecule has 3 rings (SSSR count). The third-order valence-corrected chi connectivity index (χ3v) is 5.67. The van der Waals surface area contributed by atoms with Crippen molar-refractivity contribution in [2.75, 3.05) is 6.54 Å². The van der Waals surface area contributed by atoms with Crippen molar-refractivity contribution in [1.82, 2.24) is 4.90 Å². The predicted octanol–water partition coefficient (Wildman–Crippen LogP) is 4.78. The summed E-state index contributed by atoms with van der Waals surface area (Å²) < 4.78 is 14.4. The molecule has 1 aromatic heterocycles. The second-order valence-corrected chi connectivity index (χ2v) is 7.40. The van der Waals surface area contributed by atoms with Gasteiger partial charge in [-0.3, -0.25) is 9.69 Å². The van der Waals surface area contributed by atoms with E-state index in [1.54, 1.807) is 17.0 Å². The molecular weight excluding hydrogens is 337 g/mol. The molecule has 2 nitrogen and oxygen atoms in total. The van der Waals surface area contributed by atoms with Crippen LogP contribution in [0.1, 0.15) is 11.8 Å². The zero-order valence-corrected chi connectivity index (χ0v) is 14.2. The second kappa shape index (κ2) is 6.32. The molecule has 1 aromatic carbocycles. The van der Waals surface area contributed by atoms with Gasteiger partial charge in [0.2, 0.25) is 0 Å². The highest BCUT2D eigenvalue weighted by Gasteiger charge is 2.30. The number of benzene rings is 1. The summed E-state index contributed by atoms with van der Waals surface area (Å²) in [6.45, 7) is 2.47. The average Bonchev–Trinajstić information content (AvgIpc) is 3.05. The molecule has 112 valence electrons. The molecule has 1 aliphatic heterocycles. The second-order valence-electron chi connectivity index (χ2n) is 4.61. The van der Waals surface area contributed by atoms with Crippen molar-refractivity contribution >= 4 is 51.6 Å². The van der Waals surface area contributed by atoms with Crippen LogP contribution in [0.15, 0.2) is 41.3 Å². The van der Waals surface area contributed by atoms with Crippen molar-refractivity contribution in [3.05, 3.63) is 52.0 Å². The Bertz CT molecular complexity index is 781. The standard InChI is InChI=1S/C16H12FNOS3/c1-2-18-15(19)14(22-16(18)20)9-10-7-8-13(21-10)11-5-3-4-6-12(11)17/h3-9H,2H2,1H3/b14-9-. The Morgan fingerprint density at radius 3 is 2.73 bits per heavy atom. The monoisotopic (exact) mass is 349 g/mol. The lowest BCUT2D eigenvalue weighted by Crippen LogP contribution is -2.27. The molecule has 0 unspecified atom stereocenters. The summed E-state index contributed by atoms with van der Waals surface area (Å²) in [5.74, 6) is -0.299. The molecule has 0 radical (unpaired) electrons. The van der Waals surface area contributed by atoms with Crippen LogP contribution in [-0.4, -0.2) is 21.7 Å². The SMILES string of the molecule is CCN1C(=O)/C(=C/c2ccc(-c3ccccc3F)s2)SC1=S. The molecular formula is C16H12FNOS3. The van der Waals surface area contributed by atoms with Crippen molar-refractivity contribution in [2.24, 2.45) is 0 Å². The molecule has 22 heavy (non-hydrogen) atoms. The molecule has 0 saturated carbocycles. The molecule has 0 N–H and O–H groups in total. The summed E-state index contributed by atoms with van der Waals surface area (Å²) in [6, 6.07) is 10.4. The summed E-state index contributed by atoms with van der Waals surface area (Å²) in [5.41, 5.74) is 0.577. The smallest absolute Gasteiger partial charge is 0.266 e. The van der Waals surface area contributed by atoms with Crippen LogP contribution in [0.25, 0.3) is 16.5 Å². The number of likely N-dealkylation sites (N-methyl/N-ethyl adjacent to an activating group) is 1. The Kier molecular flexibility index (Phi) is 4.42. The van der Waals surface area contributed by atoms with Gasteiger partial charge in [0.05, 0.1) is 4.91 Å². The van der Waals surface area contributed by atoms with Gasteiger partial charge in [0.15, 0.2) is 0 Å². The summed E-state index contributed by atoms with van der Waals surface area (Å²) >= 11 is 7.96. The first kappa shape index (κ1) is 15.4. The van der Waals surface area contributed by atoms with E-state index >= 15 is 0 Å². The number of thioether (sulfide) groups is 1. The third kappa shape index (κ3) is 2.86. The molecule has 6 heteroatoms. The maximum atomic E-state index is 13.8. The molecule has 0 bridgehead atoms. The zero-order valence-electron chi connectivity index (χ0n) is 11.7. The lowest BCUT2D eigenvalue weighted by atomic mass is 10.2. The first-order valence-electron chi connectivity index (χ1n) is 6.70. The summed E-state index contributed by atoms with van der Waals surface area (Å²) in [7, 11) is 0. The first-order valence-corrected chi connectivity index (χ1v) is 8.74. The maximum Gasteiger partial charge on any atom is 0.266 e. The van der Waals surface area contributed by atoms with Gasteiger partial charge in [-0.15, -0.1) is 11.3 Å². The van der Waals surface area contributed by atoms with E-state index in [0.717, 1.165) is 9.75 Å². The number of hydrogen-bond donors (Lipinski definition) is 0. The average molecular weight is 349 g/mol. The van der Waals surface area contributed by atoms with Crippen molar-refractivity contribution in [1.29, 1.82) is 0 Å². The molecule has 0 aliphatic carbocycles. The predicted molar refractivity (Wildman–Crippen MR) is 95.3 cm³/mol. The summed E-state index contributed by atoms with van der Waals surface area (Å²) in [4.78, 5) is 16.1. The van der Waals surface area contributed by atoms with E-state index in [1.165, 1.54) is 29.2 Å². The number of thiophene rings is 1. The molecule has 1 saturated heterocycles. The first-order chi connectivity index (χ1) is 10.6. The van der Waals surface area contributed by atoms with Crippen LogP contribution in [0.2, 0.25) is 0 Å². The summed E-state index contributed by atoms with van der Waals surface area (Å²) in [5, 5.41) is 0. The number of nitrogens with zero attached hydrogens (tertiary/aromatic N) is 1. The number of carbonyl (C=O) groups is 1. The van der Waals surface area contributed by atoms with Crippen LogP contribution in [-0.2, 0) is 4.79 Å². The van der Waals surface area contributed by atoms with Crippen molar-refractivity contribution < 1.29 is 9.18 Å². The fourth-order valence-electron chi connectivity index (χ4n) is 2.14. The normalized spacial score (nSPS) is 16.8. The van der Waals surface area contributed by atoms with Crippen LogP contribution in [0.3, 0.4) is 0 Å². The Morgan fingerprint density at radius 2 is 2.05 bits per heavy atom. The molecule has 1 amide bonds. The Balaban J connectivity index is 1.90. The molecule has 1 fully saturated rings. The molecule has 2 aromatic rings. The third-order valence-electron chi connectivity index (χ3n) is 3.23. The lowest BCUT2D eigenvalue weighted by Gasteiger charge is -2.09. The number of carbonyl (C=O) groups excluding carboxylic acids is 1. The highest BCUT2D eigenvalue weighted by molar-refractivity contribution is 8.26. The summed E-state index contributed by atoms with van der Waals surface area (Å²) in [6.07, 6.45) is 1.82. The van der Waals surface area contributed by atoms with E-state index < -0.39 is 0 Å². The number of rotatable bonds is 3. The van der Waals surface area contributed by atoms with E-state index in [4.69, 9.17) is 12.2 Å². The van der Waals surface area contributed by atoms with Gasteiger partial charge in [0.25, 0.3) is 5.91 Å². The number of thiocarbonyl (C=S) groups is 1. The Hall–Kier alpha value is -1.50. The highest BCUT2D eigenvalue weighted by Crippen LogP contribution is 2.35. The minimum Gasteiger partial charge on any atom is -0.293 e. The molecule has 2 heterocycles. The van der Waals surface area contributed by atoms with Crippen molar-refractivity contribution in [3.63, 3.8) is 0 Å². The largest absolute Gasteiger partial charge is 0.293 e. The number of halogens is 1. The molecule has 0 atom stereocenters. The van der Waals surface area contributed by atoms with E-state index in [-0.39, 0.29) is 11.7 Å². The molecule has 1 aliphatic rings.